The Balaban J connectivity index is 2.12. The summed E-state index contributed by atoms with van der Waals surface area (Å²) in [5.41, 5.74) is 0. The van der Waals surface area contributed by atoms with Gasteiger partial charge in [0.05, 0.1) is 0 Å². The van der Waals surface area contributed by atoms with Crippen molar-refractivity contribution < 1.29 is 33.7 Å². The number of esters is 1. The molecule has 0 radical (unpaired) electrons. The quantitative estimate of drug-likeness (QED) is 0.461. The molecule has 1 saturated carbocycles. The maximum Gasteiger partial charge on any atom is 0.511 e. The Labute approximate surface area is 110 Å². The van der Waals surface area contributed by atoms with Crippen molar-refractivity contribution in [2.75, 3.05) is 6.79 Å². The van der Waals surface area contributed by atoms with E-state index in [1.807, 2.05) is 0 Å². The van der Waals surface area contributed by atoms with E-state index in [-0.39, 0.29) is 6.10 Å². The van der Waals surface area contributed by atoms with Crippen molar-refractivity contribution in [3.05, 3.63) is 12.2 Å². The molecule has 1 N–H and O–H groups in total. The molecule has 0 bridgehead atoms. The zero-order chi connectivity index (χ0) is 14.1. The molecule has 0 aromatic rings. The van der Waals surface area contributed by atoms with Gasteiger partial charge in [-0.15, -0.1) is 0 Å². The fourth-order valence-corrected chi connectivity index (χ4v) is 1.68. The van der Waals surface area contributed by atoms with Gasteiger partial charge in [-0.2, -0.15) is 0 Å². The van der Waals surface area contributed by atoms with Crippen molar-refractivity contribution >= 4 is 18.1 Å². The largest absolute Gasteiger partial charge is 0.511 e. The van der Waals surface area contributed by atoms with Gasteiger partial charge < -0.3 is 19.3 Å². The van der Waals surface area contributed by atoms with Gasteiger partial charge in [0.25, 0.3) is 0 Å². The molecule has 0 aliphatic heterocycles. The summed E-state index contributed by atoms with van der Waals surface area (Å²) in [7, 11) is 0. The first kappa shape index (κ1) is 15.0. The molecule has 1 fully saturated rings. The number of aliphatic carboxylic acids is 1. The minimum Gasteiger partial charge on any atom is -0.478 e. The third-order valence-electron chi connectivity index (χ3n) is 2.56. The monoisotopic (exact) mass is 272 g/mol. The third kappa shape index (κ3) is 7.07. The van der Waals surface area contributed by atoms with E-state index in [9.17, 15) is 14.4 Å². The molecule has 1 rings (SSSR count). The van der Waals surface area contributed by atoms with Crippen LogP contribution in [0.1, 0.15) is 32.1 Å². The first-order valence-corrected chi connectivity index (χ1v) is 5.99. The fourth-order valence-electron chi connectivity index (χ4n) is 1.68. The summed E-state index contributed by atoms with van der Waals surface area (Å²) >= 11 is 0. The lowest BCUT2D eigenvalue weighted by Crippen LogP contribution is -2.22. The topological polar surface area (TPSA) is 99.1 Å². The van der Waals surface area contributed by atoms with E-state index in [4.69, 9.17) is 9.84 Å². The van der Waals surface area contributed by atoms with E-state index in [0.717, 1.165) is 38.2 Å². The van der Waals surface area contributed by atoms with Crippen LogP contribution in [0.5, 0.6) is 0 Å². The second-order valence-corrected chi connectivity index (χ2v) is 4.03. The molecule has 0 heterocycles. The number of carbonyl (C=O) groups is 3. The summed E-state index contributed by atoms with van der Waals surface area (Å²) in [6.45, 7) is -0.603. The molecule has 106 valence electrons. The molecular weight excluding hydrogens is 256 g/mol. The summed E-state index contributed by atoms with van der Waals surface area (Å²) in [4.78, 5) is 32.2. The molecule has 7 nitrogen and oxygen atoms in total. The highest BCUT2D eigenvalue weighted by Crippen LogP contribution is 2.20. The van der Waals surface area contributed by atoms with Crippen LogP contribution >= 0.6 is 0 Å². The normalized spacial score (nSPS) is 16.0. The SMILES string of the molecule is O=C(O)/C=C/C(=O)OCOC(=O)OC1CCCCC1. The molecule has 1 aliphatic rings. The first-order valence-electron chi connectivity index (χ1n) is 5.99. The van der Waals surface area contributed by atoms with Crippen LogP contribution in [0, 0.1) is 0 Å². The number of ether oxygens (including phenoxy) is 3. The number of carboxylic acid groups (broad SMARTS) is 1. The lowest BCUT2D eigenvalue weighted by molar-refractivity contribution is -0.148. The third-order valence-corrected chi connectivity index (χ3v) is 2.56. The number of rotatable bonds is 5. The van der Waals surface area contributed by atoms with Gasteiger partial charge in [0.15, 0.2) is 0 Å². The van der Waals surface area contributed by atoms with Gasteiger partial charge in [-0.1, -0.05) is 6.42 Å². The van der Waals surface area contributed by atoms with Crippen LogP contribution in [-0.2, 0) is 23.8 Å². The predicted molar refractivity (Wildman–Crippen MR) is 62.2 cm³/mol. The molecule has 1 aliphatic carbocycles. The lowest BCUT2D eigenvalue weighted by Gasteiger charge is -2.21. The minimum atomic E-state index is -1.27. The highest BCUT2D eigenvalue weighted by Gasteiger charge is 2.18. The van der Waals surface area contributed by atoms with E-state index in [1.54, 1.807) is 0 Å². The molecule has 0 amide bonds. The maximum absolute atomic E-state index is 11.2. The highest BCUT2D eigenvalue weighted by molar-refractivity contribution is 5.90. The van der Waals surface area contributed by atoms with Crippen molar-refractivity contribution in [3.63, 3.8) is 0 Å². The zero-order valence-corrected chi connectivity index (χ0v) is 10.4. The predicted octanol–water partition coefficient (Wildman–Crippen LogP) is 1.61. The van der Waals surface area contributed by atoms with Gasteiger partial charge in [0, 0.05) is 12.2 Å². The second-order valence-electron chi connectivity index (χ2n) is 4.03. The average Bonchev–Trinajstić information content (AvgIpc) is 2.37. The maximum atomic E-state index is 11.2. The van der Waals surface area contributed by atoms with Crippen molar-refractivity contribution in [2.24, 2.45) is 0 Å². The summed E-state index contributed by atoms with van der Waals surface area (Å²) in [5.74, 6) is -2.18. The van der Waals surface area contributed by atoms with Crippen LogP contribution in [-0.4, -0.2) is 36.1 Å². The average molecular weight is 272 g/mol. The Morgan fingerprint density at radius 2 is 1.74 bits per heavy atom. The van der Waals surface area contributed by atoms with E-state index >= 15 is 0 Å². The fraction of sp³-hybridized carbons (Fsp3) is 0.583. The molecular formula is C12H16O7. The van der Waals surface area contributed by atoms with Crippen LogP contribution in [0.15, 0.2) is 12.2 Å². The van der Waals surface area contributed by atoms with Gasteiger partial charge in [-0.3, -0.25) is 0 Å². The van der Waals surface area contributed by atoms with Gasteiger partial charge in [-0.05, 0) is 25.7 Å². The molecule has 0 aromatic carbocycles. The van der Waals surface area contributed by atoms with Crippen molar-refractivity contribution in [1.29, 1.82) is 0 Å². The smallest absolute Gasteiger partial charge is 0.478 e. The molecule has 0 atom stereocenters. The van der Waals surface area contributed by atoms with Crippen molar-refractivity contribution in [1.82, 2.24) is 0 Å². The zero-order valence-electron chi connectivity index (χ0n) is 10.4. The van der Waals surface area contributed by atoms with Crippen LogP contribution in [0.2, 0.25) is 0 Å². The molecule has 0 spiro atoms. The van der Waals surface area contributed by atoms with Gasteiger partial charge in [-0.25, -0.2) is 14.4 Å². The molecule has 19 heavy (non-hydrogen) atoms. The molecule has 7 heteroatoms. The van der Waals surface area contributed by atoms with E-state index in [0.29, 0.717) is 6.08 Å². The second kappa shape index (κ2) is 8.12. The Morgan fingerprint density at radius 3 is 2.37 bits per heavy atom. The minimum absolute atomic E-state index is 0.135. The Hall–Kier alpha value is -2.05. The summed E-state index contributed by atoms with van der Waals surface area (Å²) < 4.78 is 14.0. The molecule has 0 unspecified atom stereocenters. The van der Waals surface area contributed by atoms with E-state index in [1.165, 1.54) is 0 Å². The van der Waals surface area contributed by atoms with Crippen LogP contribution in [0.3, 0.4) is 0 Å². The summed E-state index contributed by atoms with van der Waals surface area (Å²) in [5, 5.41) is 8.26. The summed E-state index contributed by atoms with van der Waals surface area (Å²) in [6, 6.07) is 0. The number of carboxylic acids is 1. The standard InChI is InChI=1S/C12H16O7/c13-10(14)6-7-11(15)17-8-18-12(16)19-9-4-2-1-3-5-9/h6-7,9H,1-5,8H2,(H,13,14)/b7-6+. The van der Waals surface area contributed by atoms with Crippen LogP contribution < -0.4 is 0 Å². The number of carbonyl (C=O) groups excluding carboxylic acids is 2. The molecule has 0 saturated heterocycles. The molecule has 0 aromatic heterocycles. The summed E-state index contributed by atoms with van der Waals surface area (Å²) in [6.07, 6.45) is 5.14. The van der Waals surface area contributed by atoms with Crippen molar-refractivity contribution in [2.45, 2.75) is 38.2 Å². The van der Waals surface area contributed by atoms with Crippen molar-refractivity contribution in [3.8, 4) is 0 Å². The van der Waals surface area contributed by atoms with Crippen LogP contribution in [0.4, 0.5) is 4.79 Å². The van der Waals surface area contributed by atoms with E-state index < -0.39 is 24.9 Å². The first-order chi connectivity index (χ1) is 9.08. The van der Waals surface area contributed by atoms with Gasteiger partial charge in [0.2, 0.25) is 6.79 Å². The number of hydrogen-bond acceptors (Lipinski definition) is 6. The Morgan fingerprint density at radius 1 is 1.05 bits per heavy atom. The van der Waals surface area contributed by atoms with Gasteiger partial charge in [0.1, 0.15) is 6.10 Å². The van der Waals surface area contributed by atoms with Gasteiger partial charge >= 0.3 is 18.1 Å². The lowest BCUT2D eigenvalue weighted by atomic mass is 9.98. The Kier molecular flexibility index (Phi) is 6.42. The Bertz CT molecular complexity index is 355. The van der Waals surface area contributed by atoms with Crippen LogP contribution in [0.25, 0.3) is 0 Å². The van der Waals surface area contributed by atoms with E-state index in [2.05, 4.69) is 9.47 Å². The number of hydrogen-bond donors (Lipinski definition) is 1. The highest BCUT2D eigenvalue weighted by atomic mass is 16.8.